The molecule has 1 aromatic carbocycles. The van der Waals surface area contributed by atoms with E-state index >= 15 is 0 Å². The zero-order chi connectivity index (χ0) is 11.7. The second kappa shape index (κ2) is 4.09. The maximum atomic E-state index is 12.6. The fourth-order valence-electron chi connectivity index (χ4n) is 1.57. The molecule has 2 N–H and O–H groups in total. The van der Waals surface area contributed by atoms with E-state index in [1.165, 1.54) is 12.1 Å². The van der Waals surface area contributed by atoms with Gasteiger partial charge in [-0.05, 0) is 24.6 Å². The summed E-state index contributed by atoms with van der Waals surface area (Å²) >= 11 is 0. The summed E-state index contributed by atoms with van der Waals surface area (Å²) in [4.78, 5) is 11.8. The third-order valence-electron chi connectivity index (χ3n) is 2.37. The molecule has 0 saturated heterocycles. The predicted octanol–water partition coefficient (Wildman–Crippen LogP) is 1.41. The van der Waals surface area contributed by atoms with E-state index in [0.717, 1.165) is 0 Å². The first-order valence-corrected chi connectivity index (χ1v) is 4.91. The van der Waals surface area contributed by atoms with Gasteiger partial charge in [0.05, 0.1) is 11.6 Å². The van der Waals surface area contributed by atoms with Crippen LogP contribution >= 0.6 is 0 Å². The van der Waals surface area contributed by atoms with E-state index in [4.69, 9.17) is 15.2 Å². The lowest BCUT2D eigenvalue weighted by atomic mass is 10.0. The smallest absolute Gasteiger partial charge is 0.231 e. The quantitative estimate of drug-likeness (QED) is 0.790. The fourth-order valence-corrected chi connectivity index (χ4v) is 1.57. The molecule has 1 atom stereocenters. The van der Waals surface area contributed by atoms with Gasteiger partial charge in [-0.2, -0.15) is 0 Å². The van der Waals surface area contributed by atoms with Crippen LogP contribution in [0.5, 0.6) is 11.5 Å². The Kier molecular flexibility index (Phi) is 2.78. The van der Waals surface area contributed by atoms with Crippen molar-refractivity contribution in [2.75, 3.05) is 6.79 Å². The fraction of sp³-hybridized carbons (Fsp3) is 0.364. The molecule has 4 nitrogen and oxygen atoms in total. The maximum Gasteiger partial charge on any atom is 0.231 e. The molecule has 1 aromatic rings. The number of hydrogen-bond acceptors (Lipinski definition) is 4. The monoisotopic (exact) mass is 225 g/mol. The molecule has 0 amide bonds. The second-order valence-electron chi connectivity index (χ2n) is 3.66. The summed E-state index contributed by atoms with van der Waals surface area (Å²) in [6, 6.07) is 2.34. The topological polar surface area (TPSA) is 61.6 Å². The highest BCUT2D eigenvalue weighted by molar-refractivity contribution is 6.03. The van der Waals surface area contributed by atoms with Crippen molar-refractivity contribution >= 4 is 5.78 Å². The Bertz CT molecular complexity index is 431. The summed E-state index contributed by atoms with van der Waals surface area (Å²) in [7, 11) is 0. The molecule has 2 rings (SSSR count). The summed E-state index contributed by atoms with van der Waals surface area (Å²) in [6.07, 6.45) is 0. The van der Waals surface area contributed by atoms with Crippen molar-refractivity contribution in [2.24, 2.45) is 5.73 Å². The molecule has 0 radical (unpaired) electrons. The van der Waals surface area contributed by atoms with Crippen LogP contribution < -0.4 is 15.2 Å². The highest BCUT2D eigenvalue weighted by Gasteiger charge is 2.24. The van der Waals surface area contributed by atoms with Gasteiger partial charge in [0.15, 0.2) is 17.3 Å². The van der Waals surface area contributed by atoms with E-state index in [2.05, 4.69) is 0 Å². The first-order chi connectivity index (χ1) is 7.63. The lowest BCUT2D eigenvalue weighted by Crippen LogP contribution is -2.27. The van der Waals surface area contributed by atoms with Crippen molar-refractivity contribution in [3.8, 4) is 11.5 Å². The van der Waals surface area contributed by atoms with Gasteiger partial charge >= 0.3 is 0 Å². The number of ketones is 1. The van der Waals surface area contributed by atoms with Gasteiger partial charge in [0.2, 0.25) is 6.79 Å². The van der Waals surface area contributed by atoms with Gasteiger partial charge in [0.1, 0.15) is 6.67 Å². The molecular formula is C11H12FNO3. The van der Waals surface area contributed by atoms with E-state index in [1.54, 1.807) is 6.92 Å². The minimum atomic E-state index is -0.657. The number of ether oxygens (including phenoxy) is 2. The highest BCUT2D eigenvalue weighted by atomic mass is 19.1. The third-order valence-corrected chi connectivity index (χ3v) is 2.37. The van der Waals surface area contributed by atoms with Crippen LogP contribution in [0.25, 0.3) is 0 Å². The van der Waals surface area contributed by atoms with E-state index in [1.807, 2.05) is 0 Å². The number of carbonyl (C=O) groups is 1. The predicted molar refractivity (Wildman–Crippen MR) is 55.4 cm³/mol. The van der Waals surface area contributed by atoms with E-state index in [-0.39, 0.29) is 18.1 Å². The van der Waals surface area contributed by atoms with Crippen molar-refractivity contribution in [1.82, 2.24) is 0 Å². The third kappa shape index (κ3) is 1.74. The first-order valence-electron chi connectivity index (χ1n) is 4.91. The Morgan fingerprint density at radius 3 is 2.94 bits per heavy atom. The summed E-state index contributed by atoms with van der Waals surface area (Å²) in [6.45, 7) is 0.965. The van der Waals surface area contributed by atoms with Gasteiger partial charge in [-0.15, -0.1) is 0 Å². The standard InChI is InChI=1S/C11H12FNO3/c1-6(13)10(14)8-2-7(4-12)3-9-11(8)16-5-15-9/h2-3,6H,4-5,13H2,1H3. The molecular weight excluding hydrogens is 213 g/mol. The Labute approximate surface area is 92.1 Å². The van der Waals surface area contributed by atoms with Gasteiger partial charge in [-0.25, -0.2) is 4.39 Å². The lowest BCUT2D eigenvalue weighted by Gasteiger charge is -2.09. The van der Waals surface area contributed by atoms with Crippen LogP contribution in [-0.2, 0) is 6.67 Å². The van der Waals surface area contributed by atoms with E-state index in [9.17, 15) is 9.18 Å². The summed E-state index contributed by atoms with van der Waals surface area (Å²) < 4.78 is 22.9. The summed E-state index contributed by atoms with van der Waals surface area (Å²) in [5.41, 5.74) is 6.19. The minimum absolute atomic E-state index is 0.0459. The molecule has 1 heterocycles. The van der Waals surface area contributed by atoms with Crippen molar-refractivity contribution in [3.05, 3.63) is 23.3 Å². The van der Waals surface area contributed by atoms with Crippen LogP contribution in [0.15, 0.2) is 12.1 Å². The Hall–Kier alpha value is -1.62. The maximum absolute atomic E-state index is 12.6. The van der Waals surface area contributed by atoms with Crippen molar-refractivity contribution in [2.45, 2.75) is 19.6 Å². The van der Waals surface area contributed by atoms with Crippen molar-refractivity contribution in [1.29, 1.82) is 0 Å². The number of fused-ring (bicyclic) bond motifs is 1. The van der Waals surface area contributed by atoms with Crippen LogP contribution in [0.4, 0.5) is 4.39 Å². The highest BCUT2D eigenvalue weighted by Crippen LogP contribution is 2.37. The molecule has 0 aromatic heterocycles. The average Bonchev–Trinajstić information content (AvgIpc) is 2.74. The molecule has 16 heavy (non-hydrogen) atoms. The van der Waals surface area contributed by atoms with Crippen LogP contribution in [0, 0.1) is 0 Å². The van der Waals surface area contributed by atoms with Gasteiger partial charge in [-0.1, -0.05) is 0 Å². The molecule has 5 heteroatoms. The molecule has 86 valence electrons. The van der Waals surface area contributed by atoms with Gasteiger partial charge < -0.3 is 15.2 Å². The number of carbonyl (C=O) groups excluding carboxylic acids is 1. The van der Waals surface area contributed by atoms with Crippen molar-refractivity contribution in [3.63, 3.8) is 0 Å². The van der Waals surface area contributed by atoms with Crippen LogP contribution in [0.3, 0.4) is 0 Å². The van der Waals surface area contributed by atoms with Crippen molar-refractivity contribution < 1.29 is 18.7 Å². The van der Waals surface area contributed by atoms with Gasteiger partial charge in [0.25, 0.3) is 0 Å². The number of halogens is 1. The Balaban J connectivity index is 2.51. The molecule has 0 bridgehead atoms. The second-order valence-corrected chi connectivity index (χ2v) is 3.66. The number of hydrogen-bond donors (Lipinski definition) is 1. The van der Waals surface area contributed by atoms with Crippen LogP contribution in [-0.4, -0.2) is 18.6 Å². The molecule has 1 unspecified atom stereocenters. The number of nitrogens with two attached hydrogens (primary N) is 1. The zero-order valence-electron chi connectivity index (χ0n) is 8.83. The SMILES string of the molecule is CC(N)C(=O)c1cc(CF)cc2c1OCO2. The van der Waals surface area contributed by atoms with Crippen LogP contribution in [0.1, 0.15) is 22.8 Å². The summed E-state index contributed by atoms with van der Waals surface area (Å²) in [5.74, 6) is 0.482. The lowest BCUT2D eigenvalue weighted by molar-refractivity contribution is 0.0963. The first kappa shape index (κ1) is 10.9. The van der Waals surface area contributed by atoms with E-state index in [0.29, 0.717) is 17.1 Å². The number of alkyl halides is 1. The van der Waals surface area contributed by atoms with Crippen LogP contribution in [0.2, 0.25) is 0 Å². The normalized spacial score (nSPS) is 14.9. The van der Waals surface area contributed by atoms with E-state index < -0.39 is 12.7 Å². The number of benzene rings is 1. The van der Waals surface area contributed by atoms with Gasteiger partial charge in [-0.3, -0.25) is 4.79 Å². The largest absolute Gasteiger partial charge is 0.454 e. The molecule has 0 aliphatic carbocycles. The average molecular weight is 225 g/mol. The zero-order valence-corrected chi connectivity index (χ0v) is 8.83. The summed E-state index contributed by atoms with van der Waals surface area (Å²) in [5, 5.41) is 0. The molecule has 0 saturated carbocycles. The molecule has 0 spiro atoms. The Morgan fingerprint density at radius 1 is 1.56 bits per heavy atom. The number of Topliss-reactive ketones (excluding diaryl/α,β-unsaturated/α-hetero) is 1. The number of rotatable bonds is 3. The Morgan fingerprint density at radius 2 is 2.31 bits per heavy atom. The molecule has 1 aliphatic heterocycles. The molecule has 0 fully saturated rings. The minimum Gasteiger partial charge on any atom is -0.454 e. The molecule has 1 aliphatic rings. The van der Waals surface area contributed by atoms with Gasteiger partial charge in [0, 0.05) is 0 Å².